The lowest BCUT2D eigenvalue weighted by molar-refractivity contribution is 0.106. The quantitative estimate of drug-likeness (QED) is 0.541. The Morgan fingerprint density at radius 1 is 1.15 bits per heavy atom. The van der Waals surface area contributed by atoms with E-state index < -0.39 is 6.10 Å². The molecule has 1 atom stereocenters. The summed E-state index contributed by atoms with van der Waals surface area (Å²) in [5, 5.41) is 21.6. The fourth-order valence-electron chi connectivity index (χ4n) is 1.88. The Kier molecular flexibility index (Phi) is 9.04. The molecule has 1 rings (SSSR count). The molecule has 0 saturated heterocycles. The van der Waals surface area contributed by atoms with E-state index >= 15 is 0 Å². The molecule has 0 heterocycles. The van der Waals surface area contributed by atoms with Crippen molar-refractivity contribution >= 4 is 0 Å². The molecule has 0 radical (unpaired) electrons. The van der Waals surface area contributed by atoms with Gasteiger partial charge in [-0.2, -0.15) is 0 Å². The minimum Gasteiger partial charge on any atom is -0.491 e. The van der Waals surface area contributed by atoms with Crippen LogP contribution in [0.3, 0.4) is 0 Å². The molecule has 0 aliphatic rings. The van der Waals surface area contributed by atoms with Gasteiger partial charge in [0.2, 0.25) is 0 Å². The first-order chi connectivity index (χ1) is 9.76. The summed E-state index contributed by atoms with van der Waals surface area (Å²) in [5.41, 5.74) is 1.28. The monoisotopic (exact) mass is 281 g/mol. The lowest BCUT2D eigenvalue weighted by Gasteiger charge is -2.13. The lowest BCUT2D eigenvalue weighted by atomic mass is 10.2. The average molecular weight is 281 g/mol. The molecule has 4 nitrogen and oxygen atoms in total. The number of aryl methyl sites for hydroxylation is 1. The summed E-state index contributed by atoms with van der Waals surface area (Å²) in [6.45, 7) is 4.07. The average Bonchev–Trinajstić information content (AvgIpc) is 2.49. The van der Waals surface area contributed by atoms with Crippen LogP contribution in [0.2, 0.25) is 0 Å². The van der Waals surface area contributed by atoms with Crippen LogP contribution in [0.1, 0.15) is 31.7 Å². The summed E-state index contributed by atoms with van der Waals surface area (Å²) in [4.78, 5) is 0. The van der Waals surface area contributed by atoms with Crippen LogP contribution in [-0.2, 0) is 6.42 Å². The van der Waals surface area contributed by atoms with Gasteiger partial charge in [0, 0.05) is 13.2 Å². The molecule has 4 heteroatoms. The molecule has 0 saturated carbocycles. The molecule has 0 fully saturated rings. The number of benzene rings is 1. The van der Waals surface area contributed by atoms with Crippen LogP contribution in [-0.4, -0.2) is 42.6 Å². The maximum atomic E-state index is 9.79. The van der Waals surface area contributed by atoms with E-state index in [1.165, 1.54) is 5.56 Å². The molecular formula is C16H27NO3. The Hall–Kier alpha value is -1.10. The van der Waals surface area contributed by atoms with Gasteiger partial charge in [-0.25, -0.2) is 0 Å². The third-order valence-corrected chi connectivity index (χ3v) is 3.17. The number of nitrogens with one attached hydrogen (secondary N) is 1. The van der Waals surface area contributed by atoms with Crippen LogP contribution in [0.15, 0.2) is 24.3 Å². The smallest absolute Gasteiger partial charge is 0.119 e. The van der Waals surface area contributed by atoms with E-state index in [-0.39, 0.29) is 6.61 Å². The lowest BCUT2D eigenvalue weighted by Crippen LogP contribution is -2.32. The minimum atomic E-state index is -0.501. The molecule has 0 aliphatic carbocycles. The Balaban J connectivity index is 2.08. The Bertz CT molecular complexity index is 340. The second-order valence-corrected chi connectivity index (χ2v) is 4.95. The maximum absolute atomic E-state index is 9.79. The first kappa shape index (κ1) is 17.0. The van der Waals surface area contributed by atoms with Gasteiger partial charge < -0.3 is 20.3 Å². The third kappa shape index (κ3) is 7.48. The van der Waals surface area contributed by atoms with Crippen LogP contribution < -0.4 is 10.1 Å². The summed E-state index contributed by atoms with van der Waals surface area (Å²) in [7, 11) is 0. The Morgan fingerprint density at radius 3 is 2.55 bits per heavy atom. The molecule has 3 N–H and O–H groups in total. The van der Waals surface area contributed by atoms with E-state index in [1.54, 1.807) is 0 Å². The van der Waals surface area contributed by atoms with Crippen LogP contribution >= 0.6 is 0 Å². The number of unbranched alkanes of at least 4 members (excludes halogenated alkanes) is 2. The highest BCUT2D eigenvalue weighted by Gasteiger charge is 2.04. The molecule has 0 amide bonds. The van der Waals surface area contributed by atoms with Gasteiger partial charge in [0.15, 0.2) is 0 Å². The number of aliphatic hydroxyl groups is 2. The van der Waals surface area contributed by atoms with E-state index in [9.17, 15) is 5.11 Å². The molecule has 20 heavy (non-hydrogen) atoms. The normalized spacial score (nSPS) is 12.3. The SMILES string of the molecule is CCc1ccc(OCC(O)CNCCCCCO)cc1. The molecular weight excluding hydrogens is 254 g/mol. The summed E-state index contributed by atoms with van der Waals surface area (Å²) in [5.74, 6) is 0.796. The first-order valence-corrected chi connectivity index (χ1v) is 7.47. The molecule has 1 aromatic carbocycles. The zero-order valence-corrected chi connectivity index (χ0v) is 12.3. The second-order valence-electron chi connectivity index (χ2n) is 4.95. The van der Waals surface area contributed by atoms with Gasteiger partial charge in [0.1, 0.15) is 18.5 Å². The van der Waals surface area contributed by atoms with E-state index in [0.29, 0.717) is 13.2 Å². The van der Waals surface area contributed by atoms with Crippen molar-refractivity contribution < 1.29 is 14.9 Å². The summed E-state index contributed by atoms with van der Waals surface area (Å²) in [6.07, 6.45) is 3.40. The fraction of sp³-hybridized carbons (Fsp3) is 0.625. The number of aliphatic hydroxyl groups excluding tert-OH is 2. The van der Waals surface area contributed by atoms with Crippen molar-refractivity contribution in [1.82, 2.24) is 5.32 Å². The zero-order valence-electron chi connectivity index (χ0n) is 12.3. The highest BCUT2D eigenvalue weighted by molar-refractivity contribution is 5.27. The molecule has 0 aromatic heterocycles. The van der Waals surface area contributed by atoms with Gasteiger partial charge in [-0.3, -0.25) is 0 Å². The largest absolute Gasteiger partial charge is 0.491 e. The zero-order chi connectivity index (χ0) is 14.6. The summed E-state index contributed by atoms with van der Waals surface area (Å²) in [6, 6.07) is 7.96. The van der Waals surface area contributed by atoms with Crippen molar-refractivity contribution in [1.29, 1.82) is 0 Å². The van der Waals surface area contributed by atoms with Gasteiger partial charge in [-0.15, -0.1) is 0 Å². The Labute approximate surface area is 121 Å². The van der Waals surface area contributed by atoms with Crippen LogP contribution in [0.5, 0.6) is 5.75 Å². The molecule has 0 spiro atoms. The second kappa shape index (κ2) is 10.7. The van der Waals surface area contributed by atoms with Gasteiger partial charge in [-0.05, 0) is 49.9 Å². The highest BCUT2D eigenvalue weighted by Crippen LogP contribution is 2.12. The third-order valence-electron chi connectivity index (χ3n) is 3.17. The van der Waals surface area contributed by atoms with Crippen LogP contribution in [0.4, 0.5) is 0 Å². The maximum Gasteiger partial charge on any atom is 0.119 e. The molecule has 1 aromatic rings. The van der Waals surface area contributed by atoms with E-state index in [4.69, 9.17) is 9.84 Å². The van der Waals surface area contributed by atoms with E-state index in [1.807, 2.05) is 24.3 Å². The van der Waals surface area contributed by atoms with E-state index in [2.05, 4.69) is 12.2 Å². The summed E-state index contributed by atoms with van der Waals surface area (Å²) < 4.78 is 5.54. The van der Waals surface area contributed by atoms with Crippen molar-refractivity contribution in [3.8, 4) is 5.75 Å². The van der Waals surface area contributed by atoms with Crippen molar-refractivity contribution in [2.24, 2.45) is 0 Å². The summed E-state index contributed by atoms with van der Waals surface area (Å²) >= 11 is 0. The molecule has 0 bridgehead atoms. The predicted molar refractivity (Wildman–Crippen MR) is 81.1 cm³/mol. The molecule has 1 unspecified atom stereocenters. The fourth-order valence-corrected chi connectivity index (χ4v) is 1.88. The van der Waals surface area contributed by atoms with Crippen LogP contribution in [0.25, 0.3) is 0 Å². The number of hydrogen-bond donors (Lipinski definition) is 3. The van der Waals surface area contributed by atoms with Gasteiger partial charge in [0.25, 0.3) is 0 Å². The van der Waals surface area contributed by atoms with Crippen LogP contribution in [0, 0.1) is 0 Å². The van der Waals surface area contributed by atoms with Gasteiger partial charge in [0.05, 0.1) is 0 Å². The predicted octanol–water partition coefficient (Wildman–Crippen LogP) is 1.74. The minimum absolute atomic E-state index is 0.257. The highest BCUT2D eigenvalue weighted by atomic mass is 16.5. The topological polar surface area (TPSA) is 61.7 Å². The van der Waals surface area contributed by atoms with Gasteiger partial charge >= 0.3 is 0 Å². The standard InChI is InChI=1S/C16H27NO3/c1-2-14-6-8-16(9-7-14)20-13-15(19)12-17-10-4-3-5-11-18/h6-9,15,17-19H,2-5,10-13H2,1H3. The first-order valence-electron chi connectivity index (χ1n) is 7.47. The van der Waals surface area contributed by atoms with Crippen molar-refractivity contribution in [3.05, 3.63) is 29.8 Å². The number of hydrogen-bond acceptors (Lipinski definition) is 4. The molecule has 114 valence electrons. The van der Waals surface area contributed by atoms with Crippen molar-refractivity contribution in [2.75, 3.05) is 26.3 Å². The van der Waals surface area contributed by atoms with Crippen molar-refractivity contribution in [3.63, 3.8) is 0 Å². The van der Waals surface area contributed by atoms with Gasteiger partial charge in [-0.1, -0.05) is 19.1 Å². The molecule has 0 aliphatic heterocycles. The Morgan fingerprint density at radius 2 is 1.90 bits per heavy atom. The number of rotatable bonds is 11. The van der Waals surface area contributed by atoms with E-state index in [0.717, 1.165) is 38.0 Å². The van der Waals surface area contributed by atoms with Crippen molar-refractivity contribution in [2.45, 2.75) is 38.7 Å². The number of ether oxygens (including phenoxy) is 1.